The summed E-state index contributed by atoms with van der Waals surface area (Å²) in [5.41, 5.74) is 2.87. The lowest BCUT2D eigenvalue weighted by Crippen LogP contribution is -2.17. The summed E-state index contributed by atoms with van der Waals surface area (Å²) in [5, 5.41) is 4.32. The maximum absolute atomic E-state index is 13.3. The summed E-state index contributed by atoms with van der Waals surface area (Å²) in [7, 11) is 0. The van der Waals surface area contributed by atoms with E-state index in [0.717, 1.165) is 0 Å². The topological polar surface area (TPSA) is 41.5 Å². The van der Waals surface area contributed by atoms with Crippen LogP contribution >= 0.6 is 23.2 Å². The highest BCUT2D eigenvalue weighted by atomic mass is 35.5. The van der Waals surface area contributed by atoms with E-state index in [1.54, 1.807) is 18.2 Å². The molecule has 0 saturated heterocycles. The zero-order chi connectivity index (χ0) is 14.5. The summed E-state index contributed by atoms with van der Waals surface area (Å²) in [6.45, 7) is 0. The van der Waals surface area contributed by atoms with Crippen LogP contribution in [0.5, 0.6) is 0 Å². The molecular weight excluding hydrogens is 302 g/mol. The number of nitrogens with zero attached hydrogens (tertiary/aromatic N) is 1. The molecule has 0 saturated carbocycles. The number of hydrogen-bond acceptors (Lipinski definition) is 2. The van der Waals surface area contributed by atoms with Gasteiger partial charge in [-0.15, -0.1) is 0 Å². The number of carbonyl (C=O) groups excluding carboxylic acids is 1. The molecule has 0 heterocycles. The largest absolute Gasteiger partial charge is 0.271 e. The van der Waals surface area contributed by atoms with Crippen molar-refractivity contribution in [3.8, 4) is 0 Å². The Morgan fingerprint density at radius 1 is 1.15 bits per heavy atom. The first kappa shape index (κ1) is 14.5. The molecule has 0 unspecified atom stereocenters. The zero-order valence-corrected chi connectivity index (χ0v) is 11.6. The molecule has 3 nitrogen and oxygen atoms in total. The number of nitrogens with one attached hydrogen (secondary N) is 1. The minimum Gasteiger partial charge on any atom is -0.267 e. The molecule has 20 heavy (non-hydrogen) atoms. The maximum Gasteiger partial charge on any atom is 0.271 e. The molecule has 0 radical (unpaired) electrons. The average Bonchev–Trinajstić information content (AvgIpc) is 2.44. The molecule has 0 aliphatic heterocycles. The molecule has 0 aliphatic rings. The van der Waals surface area contributed by atoms with Gasteiger partial charge in [0.05, 0.1) is 16.3 Å². The minimum atomic E-state index is -0.462. The molecule has 0 atom stereocenters. The van der Waals surface area contributed by atoms with Crippen LogP contribution in [0, 0.1) is 5.82 Å². The first-order chi connectivity index (χ1) is 9.58. The molecule has 0 fully saturated rings. The van der Waals surface area contributed by atoms with Crippen molar-refractivity contribution in [1.82, 2.24) is 5.43 Å². The Bertz CT molecular complexity index is 674. The van der Waals surface area contributed by atoms with Crippen LogP contribution in [0.3, 0.4) is 0 Å². The molecular formula is C14H9Cl2FN2O. The summed E-state index contributed by atoms with van der Waals surface area (Å²) >= 11 is 11.6. The Kier molecular flexibility index (Phi) is 4.71. The first-order valence-corrected chi connectivity index (χ1v) is 6.36. The van der Waals surface area contributed by atoms with Gasteiger partial charge >= 0.3 is 0 Å². The van der Waals surface area contributed by atoms with E-state index in [-0.39, 0.29) is 10.6 Å². The molecule has 0 aliphatic carbocycles. The number of benzene rings is 2. The van der Waals surface area contributed by atoms with Gasteiger partial charge in [0.25, 0.3) is 5.91 Å². The van der Waals surface area contributed by atoms with Gasteiger partial charge in [-0.25, -0.2) is 9.82 Å². The molecule has 2 aromatic carbocycles. The predicted octanol–water partition coefficient (Wildman–Crippen LogP) is 3.90. The fourth-order valence-corrected chi connectivity index (χ4v) is 1.74. The Labute approximate surface area is 125 Å². The van der Waals surface area contributed by atoms with Crippen LogP contribution < -0.4 is 5.43 Å². The molecule has 1 N–H and O–H groups in total. The number of carbonyl (C=O) groups is 1. The van der Waals surface area contributed by atoms with E-state index in [9.17, 15) is 9.18 Å². The maximum atomic E-state index is 13.3. The lowest BCUT2D eigenvalue weighted by atomic mass is 10.2. The van der Waals surface area contributed by atoms with Gasteiger partial charge < -0.3 is 0 Å². The summed E-state index contributed by atoms with van der Waals surface area (Å²) in [4.78, 5) is 11.8. The molecule has 6 heteroatoms. The van der Waals surface area contributed by atoms with E-state index in [2.05, 4.69) is 10.5 Å². The zero-order valence-electron chi connectivity index (χ0n) is 10.1. The van der Waals surface area contributed by atoms with E-state index in [1.807, 2.05) is 0 Å². The van der Waals surface area contributed by atoms with Gasteiger partial charge in [-0.05, 0) is 24.3 Å². The lowest BCUT2D eigenvalue weighted by Gasteiger charge is -2.01. The van der Waals surface area contributed by atoms with Crippen molar-refractivity contribution in [1.29, 1.82) is 0 Å². The van der Waals surface area contributed by atoms with Crippen molar-refractivity contribution in [2.24, 2.45) is 5.10 Å². The van der Waals surface area contributed by atoms with Gasteiger partial charge in [-0.3, -0.25) is 4.79 Å². The number of halogens is 3. The Morgan fingerprint density at radius 3 is 2.60 bits per heavy atom. The van der Waals surface area contributed by atoms with Crippen molar-refractivity contribution in [3.63, 3.8) is 0 Å². The van der Waals surface area contributed by atoms with Crippen molar-refractivity contribution in [2.75, 3.05) is 0 Å². The summed E-state index contributed by atoms with van der Waals surface area (Å²) < 4.78 is 13.3. The van der Waals surface area contributed by atoms with Crippen molar-refractivity contribution in [3.05, 3.63) is 69.5 Å². The minimum absolute atomic E-state index is 0.275. The van der Waals surface area contributed by atoms with Gasteiger partial charge in [0.2, 0.25) is 0 Å². The Hall–Kier alpha value is -1.91. The lowest BCUT2D eigenvalue weighted by molar-refractivity contribution is 0.0955. The number of amides is 1. The van der Waals surface area contributed by atoms with Crippen molar-refractivity contribution >= 4 is 35.3 Å². The highest BCUT2D eigenvalue weighted by molar-refractivity contribution is 6.42. The quantitative estimate of drug-likeness (QED) is 0.678. The van der Waals surface area contributed by atoms with Crippen LogP contribution in [0.25, 0.3) is 0 Å². The van der Waals surface area contributed by atoms with Crippen LogP contribution in [0.1, 0.15) is 15.9 Å². The Balaban J connectivity index is 2.05. The molecule has 0 aromatic heterocycles. The summed E-state index contributed by atoms with van der Waals surface area (Å²) in [5.74, 6) is -0.879. The molecule has 1 amide bonds. The van der Waals surface area contributed by atoms with E-state index in [0.29, 0.717) is 10.6 Å². The van der Waals surface area contributed by atoms with Gasteiger partial charge in [0.15, 0.2) is 0 Å². The van der Waals surface area contributed by atoms with E-state index >= 15 is 0 Å². The fraction of sp³-hybridized carbons (Fsp3) is 0. The summed E-state index contributed by atoms with van der Waals surface area (Å²) in [6.07, 6.45) is 1.23. The van der Waals surface area contributed by atoms with Crippen LogP contribution in [-0.4, -0.2) is 12.1 Å². The third-order valence-corrected chi connectivity index (χ3v) is 3.20. The van der Waals surface area contributed by atoms with Crippen molar-refractivity contribution in [2.45, 2.75) is 0 Å². The van der Waals surface area contributed by atoms with Gasteiger partial charge in [-0.1, -0.05) is 41.4 Å². The van der Waals surface area contributed by atoms with E-state index < -0.39 is 11.7 Å². The SMILES string of the molecule is O=C(N/N=C/c1ccccc1F)c1ccc(Cl)c(Cl)c1. The smallest absolute Gasteiger partial charge is 0.267 e. The molecule has 0 spiro atoms. The highest BCUT2D eigenvalue weighted by Crippen LogP contribution is 2.22. The standard InChI is InChI=1S/C14H9Cl2FN2O/c15-11-6-5-9(7-12(11)16)14(20)19-18-8-10-3-1-2-4-13(10)17/h1-8H,(H,19,20)/b18-8+. The van der Waals surface area contributed by atoms with Crippen LogP contribution in [0.15, 0.2) is 47.6 Å². The Morgan fingerprint density at radius 2 is 1.90 bits per heavy atom. The van der Waals surface area contributed by atoms with Gasteiger partial charge in [0.1, 0.15) is 5.82 Å². The molecule has 2 rings (SSSR count). The van der Waals surface area contributed by atoms with Crippen LogP contribution in [-0.2, 0) is 0 Å². The van der Waals surface area contributed by atoms with Crippen molar-refractivity contribution < 1.29 is 9.18 Å². The highest BCUT2D eigenvalue weighted by Gasteiger charge is 2.06. The second kappa shape index (κ2) is 6.50. The monoisotopic (exact) mass is 310 g/mol. The van der Waals surface area contributed by atoms with Crippen LogP contribution in [0.2, 0.25) is 10.0 Å². The average molecular weight is 311 g/mol. The molecule has 2 aromatic rings. The van der Waals surface area contributed by atoms with Gasteiger partial charge in [-0.2, -0.15) is 5.10 Å². The van der Waals surface area contributed by atoms with E-state index in [4.69, 9.17) is 23.2 Å². The third kappa shape index (κ3) is 3.56. The predicted molar refractivity (Wildman–Crippen MR) is 77.9 cm³/mol. The van der Waals surface area contributed by atoms with E-state index in [1.165, 1.54) is 30.5 Å². The molecule has 102 valence electrons. The number of hydrazone groups is 1. The third-order valence-electron chi connectivity index (χ3n) is 2.46. The van der Waals surface area contributed by atoms with Gasteiger partial charge in [0, 0.05) is 11.1 Å². The number of hydrogen-bond donors (Lipinski definition) is 1. The second-order valence-electron chi connectivity index (χ2n) is 3.85. The number of rotatable bonds is 3. The van der Waals surface area contributed by atoms with Crippen LogP contribution in [0.4, 0.5) is 4.39 Å². The fourth-order valence-electron chi connectivity index (χ4n) is 1.44. The molecule has 0 bridgehead atoms. The normalized spacial score (nSPS) is 10.8. The second-order valence-corrected chi connectivity index (χ2v) is 4.66. The first-order valence-electron chi connectivity index (χ1n) is 5.61. The summed E-state index contributed by atoms with van der Waals surface area (Å²) in [6, 6.07) is 10.6.